The molecule has 3 fully saturated rings. The molecule has 1 unspecified atom stereocenters. The molecule has 316 valence electrons. The molecule has 17 heteroatoms. The average Bonchev–Trinajstić information content (AvgIpc) is 3.49. The molecular formula is C43H48ClFN8O7. The number of rotatable bonds is 14. The van der Waals surface area contributed by atoms with Crippen molar-refractivity contribution in [1.82, 2.24) is 25.4 Å². The van der Waals surface area contributed by atoms with Gasteiger partial charge in [0.15, 0.2) is 0 Å². The van der Waals surface area contributed by atoms with Crippen LogP contribution < -0.4 is 25.6 Å². The Balaban J connectivity index is 0.810. The smallest absolute Gasteiger partial charge is 0.265 e. The summed E-state index contributed by atoms with van der Waals surface area (Å²) in [5.74, 6) is -2.58. The minimum Gasteiger partial charge on any atom is -0.489 e. The highest BCUT2D eigenvalue weighted by molar-refractivity contribution is 6.31. The third kappa shape index (κ3) is 8.26. The molecule has 0 bridgehead atoms. The van der Waals surface area contributed by atoms with Crippen molar-refractivity contribution >= 4 is 52.6 Å². The van der Waals surface area contributed by atoms with Gasteiger partial charge in [-0.2, -0.15) is 5.26 Å². The number of pyridine rings is 1. The second-order valence-corrected chi connectivity index (χ2v) is 17.1. The zero-order valence-electron chi connectivity index (χ0n) is 34.0. The molecule has 3 N–H and O–H groups in total. The number of hydrogen-bond acceptors (Lipinski definition) is 12. The highest BCUT2D eigenvalue weighted by atomic mass is 35.5. The third-order valence-corrected chi connectivity index (χ3v) is 12.3. The highest BCUT2D eigenvalue weighted by Crippen LogP contribution is 2.55. The van der Waals surface area contributed by atoms with Crippen LogP contribution in [0.2, 0.25) is 5.02 Å². The van der Waals surface area contributed by atoms with Crippen LogP contribution in [0.5, 0.6) is 5.75 Å². The fourth-order valence-electron chi connectivity index (χ4n) is 9.11. The number of piperidine rings is 1. The lowest BCUT2D eigenvalue weighted by Crippen LogP contribution is -2.74. The van der Waals surface area contributed by atoms with Gasteiger partial charge in [-0.3, -0.25) is 39.1 Å². The molecule has 0 radical (unpaired) electrons. The SMILES string of the molecule is CC1(C)C(NC(=O)c2ccc(N3CCN(CCOCCCNc4ccc(F)c5c4C(=O)N(C4CCC(=O)NC4=O)C5=O)CC3)nc2)C(C)(C)C1Oc1ccc(C#N)c(Cl)c1. The lowest BCUT2D eigenvalue weighted by atomic mass is 9.49. The fourth-order valence-corrected chi connectivity index (χ4v) is 9.32. The summed E-state index contributed by atoms with van der Waals surface area (Å²) in [6.45, 7) is 13.5. The first-order valence-electron chi connectivity index (χ1n) is 20.1. The van der Waals surface area contributed by atoms with Crippen LogP contribution in [0, 0.1) is 28.0 Å². The molecule has 2 saturated heterocycles. The van der Waals surface area contributed by atoms with Gasteiger partial charge < -0.3 is 25.0 Å². The largest absolute Gasteiger partial charge is 0.489 e. The predicted octanol–water partition coefficient (Wildman–Crippen LogP) is 4.40. The Morgan fingerprint density at radius 3 is 2.40 bits per heavy atom. The van der Waals surface area contributed by atoms with Crippen molar-refractivity contribution in [2.75, 3.05) is 62.7 Å². The van der Waals surface area contributed by atoms with E-state index in [4.69, 9.17) is 21.1 Å². The average molecular weight is 843 g/mol. The Morgan fingerprint density at radius 2 is 1.73 bits per heavy atom. The monoisotopic (exact) mass is 842 g/mol. The number of nitrogens with one attached hydrogen (secondary N) is 3. The van der Waals surface area contributed by atoms with E-state index in [1.165, 1.54) is 6.07 Å². The molecule has 15 nitrogen and oxygen atoms in total. The number of nitriles is 1. The van der Waals surface area contributed by atoms with Gasteiger partial charge in [0.2, 0.25) is 11.8 Å². The molecule has 3 aliphatic heterocycles. The van der Waals surface area contributed by atoms with E-state index in [2.05, 4.69) is 64.5 Å². The Bertz CT molecular complexity index is 2220. The van der Waals surface area contributed by atoms with E-state index in [1.54, 1.807) is 30.5 Å². The van der Waals surface area contributed by atoms with E-state index >= 15 is 0 Å². The van der Waals surface area contributed by atoms with Crippen LogP contribution in [0.4, 0.5) is 15.9 Å². The summed E-state index contributed by atoms with van der Waals surface area (Å²) in [5.41, 5.74) is -0.130. The van der Waals surface area contributed by atoms with Crippen molar-refractivity contribution in [3.63, 3.8) is 0 Å². The highest BCUT2D eigenvalue weighted by Gasteiger charge is 2.64. The first-order chi connectivity index (χ1) is 28.6. The van der Waals surface area contributed by atoms with Crippen molar-refractivity contribution < 1.29 is 37.8 Å². The van der Waals surface area contributed by atoms with Gasteiger partial charge in [-0.1, -0.05) is 39.3 Å². The van der Waals surface area contributed by atoms with Crippen LogP contribution in [0.15, 0.2) is 48.7 Å². The van der Waals surface area contributed by atoms with E-state index in [0.29, 0.717) is 53.8 Å². The second kappa shape index (κ2) is 17.2. The normalized spacial score (nSPS) is 22.1. The molecule has 1 atom stereocenters. The Hall–Kier alpha value is -5.63. The van der Waals surface area contributed by atoms with Crippen LogP contribution >= 0.6 is 11.6 Å². The lowest BCUT2D eigenvalue weighted by molar-refractivity contribution is -0.164. The number of piperazine rings is 1. The Morgan fingerprint density at radius 1 is 1.00 bits per heavy atom. The number of amides is 5. The quantitative estimate of drug-likeness (QED) is 0.154. The molecule has 2 aromatic carbocycles. The maximum Gasteiger partial charge on any atom is 0.265 e. The van der Waals surface area contributed by atoms with Crippen LogP contribution in [0.1, 0.15) is 83.6 Å². The second-order valence-electron chi connectivity index (χ2n) is 16.7. The number of carbonyl (C=O) groups is 5. The maximum atomic E-state index is 14.7. The summed E-state index contributed by atoms with van der Waals surface area (Å²) in [6, 6.07) is 11.9. The first kappa shape index (κ1) is 42.5. The van der Waals surface area contributed by atoms with E-state index in [0.717, 1.165) is 49.5 Å². The lowest BCUT2D eigenvalue weighted by Gasteiger charge is -2.63. The molecule has 3 aromatic rings. The number of carbonyl (C=O) groups excluding carboxylic acids is 5. The van der Waals surface area contributed by atoms with Gasteiger partial charge >= 0.3 is 0 Å². The molecule has 1 aliphatic carbocycles. The molecule has 60 heavy (non-hydrogen) atoms. The standard InChI is InChI=1S/C43H48ClFN8O7/c1-42(2)40(43(3,4)41(42)60-27-8-6-25(23-46)28(44)22-27)50-36(55)26-7-12-32(48-24-26)52-17-15-51(16-18-52)19-21-59-20-5-14-47-30-10-9-29(45)34-35(30)39(58)53(38(34)57)31-11-13-33(54)49-37(31)56/h6-10,12,22,24,31,40-41,47H,5,11,13-21H2,1-4H3,(H,50,55)(H,49,54,56). The molecule has 4 aliphatic rings. The summed E-state index contributed by atoms with van der Waals surface area (Å²) in [6.07, 6.45) is 1.94. The first-order valence-corrected chi connectivity index (χ1v) is 20.5. The van der Waals surface area contributed by atoms with Crippen LogP contribution in [-0.4, -0.2) is 115 Å². The molecular weight excluding hydrogens is 795 g/mol. The summed E-state index contributed by atoms with van der Waals surface area (Å²) < 4.78 is 27.0. The van der Waals surface area contributed by atoms with Crippen LogP contribution in [0.3, 0.4) is 0 Å². The maximum absolute atomic E-state index is 14.7. The van der Waals surface area contributed by atoms with Crippen LogP contribution in [-0.2, 0) is 14.3 Å². The number of benzene rings is 2. The molecule has 5 amide bonds. The van der Waals surface area contributed by atoms with Gasteiger partial charge in [0.25, 0.3) is 17.7 Å². The van der Waals surface area contributed by atoms with Crippen molar-refractivity contribution in [2.45, 2.75) is 65.1 Å². The van der Waals surface area contributed by atoms with E-state index in [-0.39, 0.29) is 52.9 Å². The predicted molar refractivity (Wildman–Crippen MR) is 219 cm³/mol. The number of halogens is 2. The summed E-state index contributed by atoms with van der Waals surface area (Å²) in [5, 5.41) is 18.0. The minimum atomic E-state index is -1.18. The van der Waals surface area contributed by atoms with E-state index < -0.39 is 35.5 Å². The van der Waals surface area contributed by atoms with E-state index in [9.17, 15) is 33.6 Å². The topological polar surface area (TPSA) is 186 Å². The van der Waals surface area contributed by atoms with Crippen molar-refractivity contribution in [3.8, 4) is 11.8 Å². The van der Waals surface area contributed by atoms with Crippen molar-refractivity contribution in [3.05, 3.63) is 81.8 Å². The van der Waals surface area contributed by atoms with E-state index in [1.807, 2.05) is 6.07 Å². The molecule has 7 rings (SSSR count). The number of nitrogens with zero attached hydrogens (tertiary/aromatic N) is 5. The van der Waals surface area contributed by atoms with Gasteiger partial charge in [-0.25, -0.2) is 9.37 Å². The van der Waals surface area contributed by atoms with Crippen molar-refractivity contribution in [1.29, 1.82) is 5.26 Å². The zero-order chi connectivity index (χ0) is 42.9. The summed E-state index contributed by atoms with van der Waals surface area (Å²) >= 11 is 6.23. The molecule has 1 aromatic heterocycles. The van der Waals surface area contributed by atoms with Crippen molar-refractivity contribution in [2.24, 2.45) is 10.8 Å². The number of hydrogen-bond donors (Lipinski definition) is 3. The fraction of sp³-hybridized carbons (Fsp3) is 0.465. The number of aromatic nitrogens is 1. The third-order valence-electron chi connectivity index (χ3n) is 12.0. The van der Waals surface area contributed by atoms with Gasteiger partial charge in [0, 0.05) is 87.1 Å². The van der Waals surface area contributed by atoms with Gasteiger partial charge in [-0.15, -0.1) is 0 Å². The van der Waals surface area contributed by atoms with Gasteiger partial charge in [-0.05, 0) is 49.2 Å². The Kier molecular flexibility index (Phi) is 12.1. The van der Waals surface area contributed by atoms with Crippen LogP contribution in [0.25, 0.3) is 0 Å². The Labute approximate surface area is 352 Å². The molecule has 1 saturated carbocycles. The summed E-state index contributed by atoms with van der Waals surface area (Å²) in [7, 11) is 0. The van der Waals surface area contributed by atoms with Gasteiger partial charge in [0.1, 0.15) is 35.6 Å². The minimum absolute atomic E-state index is 0.0147. The molecule has 4 heterocycles. The summed E-state index contributed by atoms with van der Waals surface area (Å²) in [4.78, 5) is 73.6. The number of imide groups is 2. The number of anilines is 2. The van der Waals surface area contributed by atoms with Gasteiger partial charge in [0.05, 0.1) is 33.9 Å². The number of ether oxygens (including phenoxy) is 2. The molecule has 0 spiro atoms. The zero-order valence-corrected chi connectivity index (χ0v) is 34.7. The number of fused-ring (bicyclic) bond motifs is 1.